The van der Waals surface area contributed by atoms with Gasteiger partial charge in [0.25, 0.3) is 5.91 Å². The van der Waals surface area contributed by atoms with Crippen LogP contribution in [0, 0.1) is 5.92 Å². The van der Waals surface area contributed by atoms with E-state index in [9.17, 15) is 19.2 Å². The lowest BCUT2D eigenvalue weighted by Crippen LogP contribution is -2.55. The number of rotatable bonds is 8. The summed E-state index contributed by atoms with van der Waals surface area (Å²) in [4.78, 5) is 62.9. The van der Waals surface area contributed by atoms with Crippen molar-refractivity contribution < 1.29 is 28.7 Å². The maximum Gasteiger partial charge on any atom is 0.252 e. The van der Waals surface area contributed by atoms with Gasteiger partial charge in [0, 0.05) is 47.7 Å². The summed E-state index contributed by atoms with van der Waals surface area (Å²) < 4.78 is 12.1. The largest absolute Gasteiger partial charge is 0.497 e. The average Bonchev–Trinajstić information content (AvgIpc) is 3.34. The van der Waals surface area contributed by atoms with E-state index >= 15 is 0 Å². The highest BCUT2D eigenvalue weighted by atomic mass is 32.1. The number of anilines is 1. The number of imide groups is 1. The van der Waals surface area contributed by atoms with Crippen LogP contribution < -0.4 is 25.4 Å². The molecule has 2 aliphatic heterocycles. The van der Waals surface area contributed by atoms with E-state index in [0.29, 0.717) is 47.7 Å². The van der Waals surface area contributed by atoms with E-state index in [1.807, 2.05) is 55.6 Å². The van der Waals surface area contributed by atoms with E-state index in [-0.39, 0.29) is 30.8 Å². The van der Waals surface area contributed by atoms with E-state index < -0.39 is 29.5 Å². The van der Waals surface area contributed by atoms with Crippen LogP contribution >= 0.6 is 11.3 Å². The smallest absolute Gasteiger partial charge is 0.252 e. The number of benzene rings is 1. The van der Waals surface area contributed by atoms with Crippen molar-refractivity contribution in [3.63, 3.8) is 0 Å². The quantitative estimate of drug-likeness (QED) is 0.230. The third-order valence-electron chi connectivity index (χ3n) is 9.17. The normalized spacial score (nSPS) is 25.2. The summed E-state index contributed by atoms with van der Waals surface area (Å²) >= 11 is 1.49. The molecule has 0 bridgehead atoms. The predicted molar refractivity (Wildman–Crippen MR) is 183 cm³/mol. The van der Waals surface area contributed by atoms with Crippen LogP contribution in [0.1, 0.15) is 65.2 Å². The highest BCUT2D eigenvalue weighted by Crippen LogP contribution is 2.45. The van der Waals surface area contributed by atoms with Crippen LogP contribution in [0.15, 0.2) is 41.8 Å². The standard InChI is InChI=1S/C35H42N6O6S/c1-21(2)37-34-39-28(19-48-34)27-16-30(25-13-12-23(46-3)14-26(25)38-27)47-24-15-29-32(44)40-35(33(45)36-20-42)17-22(35)10-8-6-4-5-7-9-11-31(43)41(29)18-24/h8,10,12-14,16,19-22,24,29H,4-7,9,11,15,17-18H2,1-3H3,(H,37,39)(H,40,44)(H,36,42,45)/b10-8-/t22-,24-,29+,35-/m1/s1. The van der Waals surface area contributed by atoms with Gasteiger partial charge in [-0.2, -0.15) is 0 Å². The molecule has 1 saturated heterocycles. The summed E-state index contributed by atoms with van der Waals surface area (Å²) in [7, 11) is 1.60. The van der Waals surface area contributed by atoms with Crippen molar-refractivity contribution in [2.45, 2.75) is 88.9 Å². The molecule has 1 aromatic carbocycles. The van der Waals surface area contributed by atoms with Crippen molar-refractivity contribution in [3.8, 4) is 22.9 Å². The van der Waals surface area contributed by atoms with Gasteiger partial charge in [-0.15, -0.1) is 11.3 Å². The number of hydrogen-bond acceptors (Lipinski definition) is 10. The number of hydrogen-bond donors (Lipinski definition) is 3. The van der Waals surface area contributed by atoms with E-state index in [0.717, 1.165) is 42.6 Å². The maximum absolute atomic E-state index is 13.9. The van der Waals surface area contributed by atoms with Crippen LogP contribution in [-0.4, -0.2) is 76.4 Å². The van der Waals surface area contributed by atoms with Crippen molar-refractivity contribution in [1.82, 2.24) is 25.5 Å². The minimum atomic E-state index is -1.23. The molecule has 4 heterocycles. The summed E-state index contributed by atoms with van der Waals surface area (Å²) in [6, 6.07) is 6.80. The molecule has 0 spiro atoms. The second-order valence-electron chi connectivity index (χ2n) is 13.0. The Labute approximate surface area is 283 Å². The molecule has 4 atom stereocenters. The number of ether oxygens (including phenoxy) is 2. The minimum Gasteiger partial charge on any atom is -0.497 e. The number of aromatic nitrogens is 2. The summed E-state index contributed by atoms with van der Waals surface area (Å²) in [6.07, 6.45) is 9.24. The fraction of sp³-hybridized carbons (Fsp3) is 0.486. The molecule has 1 aliphatic carbocycles. The molecule has 4 amide bonds. The number of fused-ring (bicyclic) bond motifs is 3. The second-order valence-corrected chi connectivity index (χ2v) is 13.9. The van der Waals surface area contributed by atoms with Gasteiger partial charge in [0.15, 0.2) is 5.13 Å². The first-order valence-corrected chi connectivity index (χ1v) is 17.5. The number of nitrogens with one attached hydrogen (secondary N) is 3. The second kappa shape index (κ2) is 14.3. The number of carbonyl (C=O) groups excluding carboxylic acids is 4. The summed E-state index contributed by atoms with van der Waals surface area (Å²) in [5.74, 6) is -0.130. The van der Waals surface area contributed by atoms with Crippen LogP contribution in [0.4, 0.5) is 5.13 Å². The highest BCUT2D eigenvalue weighted by Gasteiger charge is 2.60. The van der Waals surface area contributed by atoms with Crippen molar-refractivity contribution >= 4 is 51.5 Å². The summed E-state index contributed by atoms with van der Waals surface area (Å²) in [5, 5.41) is 12.0. The molecule has 3 N–H and O–H groups in total. The highest BCUT2D eigenvalue weighted by molar-refractivity contribution is 7.14. The molecule has 2 fully saturated rings. The number of thiazole rings is 1. The fourth-order valence-electron chi connectivity index (χ4n) is 6.59. The van der Waals surface area contributed by atoms with Gasteiger partial charge in [0.1, 0.15) is 34.9 Å². The Bertz CT molecular complexity index is 1720. The molecule has 12 nitrogen and oxygen atoms in total. The van der Waals surface area contributed by atoms with Gasteiger partial charge in [0.2, 0.25) is 18.2 Å². The summed E-state index contributed by atoms with van der Waals surface area (Å²) in [6.45, 7) is 4.31. The Hall–Kier alpha value is -4.52. The van der Waals surface area contributed by atoms with Crippen molar-refractivity contribution in [2.24, 2.45) is 5.92 Å². The molecule has 3 aromatic rings. The van der Waals surface area contributed by atoms with E-state index in [1.54, 1.807) is 12.0 Å². The third kappa shape index (κ3) is 7.15. The van der Waals surface area contributed by atoms with Gasteiger partial charge in [-0.05, 0) is 51.7 Å². The number of amides is 4. The van der Waals surface area contributed by atoms with Crippen molar-refractivity contribution in [1.29, 1.82) is 0 Å². The van der Waals surface area contributed by atoms with E-state index in [2.05, 4.69) is 16.0 Å². The number of pyridine rings is 1. The van der Waals surface area contributed by atoms with Gasteiger partial charge in [0.05, 0.1) is 24.9 Å². The lowest BCUT2D eigenvalue weighted by molar-refractivity contribution is -0.140. The molecule has 48 heavy (non-hydrogen) atoms. The Morgan fingerprint density at radius 2 is 1.98 bits per heavy atom. The molecular weight excluding hydrogens is 632 g/mol. The van der Waals surface area contributed by atoms with Crippen molar-refractivity contribution in [3.05, 3.63) is 41.8 Å². The summed E-state index contributed by atoms with van der Waals surface area (Å²) in [5.41, 5.74) is 0.745. The molecule has 6 rings (SSSR count). The van der Waals surface area contributed by atoms with E-state index in [4.69, 9.17) is 19.4 Å². The van der Waals surface area contributed by atoms with Crippen LogP contribution in [0.5, 0.6) is 11.5 Å². The predicted octanol–water partition coefficient (Wildman–Crippen LogP) is 4.59. The first-order valence-electron chi connectivity index (χ1n) is 16.6. The molecular formula is C35H42N6O6S. The Morgan fingerprint density at radius 3 is 2.77 bits per heavy atom. The molecule has 1 saturated carbocycles. The van der Waals surface area contributed by atoms with E-state index in [1.165, 1.54) is 11.3 Å². The van der Waals surface area contributed by atoms with Gasteiger partial charge in [-0.1, -0.05) is 25.0 Å². The van der Waals surface area contributed by atoms with Crippen LogP contribution in [0.3, 0.4) is 0 Å². The number of methoxy groups -OCH3 is 1. The SMILES string of the molecule is COc1ccc2c(O[C@@H]3C[C@H]4C(=O)N[C@]5(C(=O)NC=O)C[C@H]5/C=C\CCCCCCC(=O)N4C3)cc(-c3csc(NC(C)C)n3)nc2c1. The monoisotopic (exact) mass is 674 g/mol. The maximum atomic E-state index is 13.9. The van der Waals surface area contributed by atoms with Crippen LogP contribution in [-0.2, 0) is 19.2 Å². The number of nitrogens with zero attached hydrogens (tertiary/aromatic N) is 3. The van der Waals surface area contributed by atoms with Gasteiger partial charge in [-0.3, -0.25) is 24.5 Å². The zero-order valence-electron chi connectivity index (χ0n) is 27.5. The third-order valence-corrected chi connectivity index (χ3v) is 9.95. The van der Waals surface area contributed by atoms with Crippen LogP contribution in [0.2, 0.25) is 0 Å². The molecule has 0 unspecified atom stereocenters. The zero-order valence-corrected chi connectivity index (χ0v) is 28.3. The zero-order chi connectivity index (χ0) is 33.8. The lowest BCUT2D eigenvalue weighted by atomic mass is 10.1. The molecule has 2 aromatic heterocycles. The number of allylic oxidation sites excluding steroid dienone is 1. The first kappa shape index (κ1) is 33.4. The fourth-order valence-corrected chi connectivity index (χ4v) is 7.44. The van der Waals surface area contributed by atoms with Gasteiger partial charge in [-0.25, -0.2) is 9.97 Å². The topological polar surface area (TPSA) is 152 Å². The van der Waals surface area contributed by atoms with Gasteiger partial charge >= 0.3 is 0 Å². The minimum absolute atomic E-state index is 0.120. The molecule has 254 valence electrons. The first-order chi connectivity index (χ1) is 23.2. The molecule has 0 radical (unpaired) electrons. The number of carbonyl (C=O) groups is 4. The Balaban J connectivity index is 1.30. The molecule has 13 heteroatoms. The lowest BCUT2D eigenvalue weighted by Gasteiger charge is -2.26. The Morgan fingerprint density at radius 1 is 1.15 bits per heavy atom. The van der Waals surface area contributed by atoms with Crippen LogP contribution in [0.25, 0.3) is 22.3 Å². The average molecular weight is 675 g/mol. The van der Waals surface area contributed by atoms with Crippen molar-refractivity contribution in [2.75, 3.05) is 19.0 Å². The Kier molecular flexibility index (Phi) is 9.95. The van der Waals surface area contributed by atoms with Gasteiger partial charge < -0.3 is 25.0 Å². The molecule has 3 aliphatic rings.